The van der Waals surface area contributed by atoms with Crippen LogP contribution in [-0.2, 0) is 6.42 Å². The summed E-state index contributed by atoms with van der Waals surface area (Å²) < 4.78 is 13.7. The van der Waals surface area contributed by atoms with Crippen molar-refractivity contribution in [3.63, 3.8) is 0 Å². The van der Waals surface area contributed by atoms with Crippen molar-refractivity contribution in [1.82, 2.24) is 0 Å². The monoisotopic (exact) mass is 273 g/mol. The quantitative estimate of drug-likeness (QED) is 0.896. The Morgan fingerprint density at radius 3 is 2.89 bits per heavy atom. The third-order valence-corrected chi connectivity index (χ3v) is 4.68. The van der Waals surface area contributed by atoms with Gasteiger partial charge in [-0.05, 0) is 42.7 Å². The standard InChI is InChI=1S/C16H16FNS/c1-11-6-7-15(14(17)8-11)18-10-13-9-12-4-2-3-5-16(12)19-13/h2-8,13,18H,9-10H2,1H3. The molecule has 0 aromatic heterocycles. The molecular formula is C16H16FNS. The van der Waals surface area contributed by atoms with Crippen molar-refractivity contribution in [2.75, 3.05) is 11.9 Å². The molecule has 3 heteroatoms. The van der Waals surface area contributed by atoms with Crippen molar-refractivity contribution in [2.45, 2.75) is 23.5 Å². The van der Waals surface area contributed by atoms with Crippen LogP contribution in [0.15, 0.2) is 47.4 Å². The van der Waals surface area contributed by atoms with E-state index in [0.717, 1.165) is 18.5 Å². The van der Waals surface area contributed by atoms with E-state index in [1.165, 1.54) is 10.5 Å². The molecule has 0 fully saturated rings. The van der Waals surface area contributed by atoms with Crippen LogP contribution in [0.5, 0.6) is 0 Å². The Hall–Kier alpha value is -1.48. The number of aryl methyl sites for hydroxylation is 1. The van der Waals surface area contributed by atoms with Crippen LogP contribution >= 0.6 is 11.8 Å². The fourth-order valence-electron chi connectivity index (χ4n) is 2.36. The second-order valence-electron chi connectivity index (χ2n) is 4.92. The van der Waals surface area contributed by atoms with Crippen LogP contribution in [0.3, 0.4) is 0 Å². The van der Waals surface area contributed by atoms with E-state index in [-0.39, 0.29) is 5.82 Å². The van der Waals surface area contributed by atoms with Gasteiger partial charge in [-0.3, -0.25) is 0 Å². The number of rotatable bonds is 3. The Labute approximate surface area is 117 Å². The summed E-state index contributed by atoms with van der Waals surface area (Å²) in [7, 11) is 0. The highest BCUT2D eigenvalue weighted by molar-refractivity contribution is 8.00. The van der Waals surface area contributed by atoms with Crippen molar-refractivity contribution >= 4 is 17.4 Å². The number of nitrogens with one attached hydrogen (secondary N) is 1. The zero-order chi connectivity index (χ0) is 13.2. The molecule has 0 bridgehead atoms. The fraction of sp³-hybridized carbons (Fsp3) is 0.250. The molecule has 1 nitrogen and oxygen atoms in total. The average molecular weight is 273 g/mol. The number of halogens is 1. The number of hydrogen-bond donors (Lipinski definition) is 1. The number of hydrogen-bond acceptors (Lipinski definition) is 2. The maximum atomic E-state index is 13.7. The highest BCUT2D eigenvalue weighted by Crippen LogP contribution is 2.36. The lowest BCUT2D eigenvalue weighted by Crippen LogP contribution is -2.16. The molecule has 19 heavy (non-hydrogen) atoms. The molecule has 0 spiro atoms. The van der Waals surface area contributed by atoms with Crippen LogP contribution in [0.2, 0.25) is 0 Å². The average Bonchev–Trinajstić information content (AvgIpc) is 2.80. The van der Waals surface area contributed by atoms with E-state index in [9.17, 15) is 4.39 Å². The van der Waals surface area contributed by atoms with Gasteiger partial charge in [-0.25, -0.2) is 4.39 Å². The van der Waals surface area contributed by atoms with E-state index in [1.807, 2.05) is 30.8 Å². The predicted octanol–water partition coefficient (Wildman–Crippen LogP) is 4.26. The van der Waals surface area contributed by atoms with Gasteiger partial charge in [0.05, 0.1) is 5.69 Å². The molecule has 0 saturated heterocycles. The molecule has 1 aliphatic heterocycles. The Bertz CT molecular complexity index is 572. The van der Waals surface area contributed by atoms with Gasteiger partial charge in [0.2, 0.25) is 0 Å². The van der Waals surface area contributed by atoms with Crippen LogP contribution in [0.25, 0.3) is 0 Å². The molecule has 2 aromatic rings. The maximum absolute atomic E-state index is 13.7. The Morgan fingerprint density at radius 2 is 2.11 bits per heavy atom. The molecule has 1 heterocycles. The van der Waals surface area contributed by atoms with Crippen molar-refractivity contribution in [3.05, 3.63) is 59.4 Å². The van der Waals surface area contributed by atoms with E-state index >= 15 is 0 Å². The maximum Gasteiger partial charge on any atom is 0.146 e. The van der Waals surface area contributed by atoms with Gasteiger partial charge in [-0.1, -0.05) is 24.3 Å². The van der Waals surface area contributed by atoms with Crippen LogP contribution in [-0.4, -0.2) is 11.8 Å². The van der Waals surface area contributed by atoms with Crippen molar-refractivity contribution in [3.8, 4) is 0 Å². The summed E-state index contributed by atoms with van der Waals surface area (Å²) in [5.41, 5.74) is 2.96. The van der Waals surface area contributed by atoms with E-state index in [1.54, 1.807) is 6.07 Å². The summed E-state index contributed by atoms with van der Waals surface area (Å²) in [6, 6.07) is 13.8. The lowest BCUT2D eigenvalue weighted by atomic mass is 10.1. The highest BCUT2D eigenvalue weighted by atomic mass is 32.2. The number of anilines is 1. The van der Waals surface area contributed by atoms with Gasteiger partial charge in [-0.2, -0.15) is 0 Å². The number of thioether (sulfide) groups is 1. The van der Waals surface area contributed by atoms with Crippen LogP contribution in [0.1, 0.15) is 11.1 Å². The fourth-order valence-corrected chi connectivity index (χ4v) is 3.60. The minimum atomic E-state index is -0.166. The Kier molecular flexibility index (Phi) is 3.47. The SMILES string of the molecule is Cc1ccc(NCC2Cc3ccccc3S2)c(F)c1. The number of fused-ring (bicyclic) bond motifs is 1. The van der Waals surface area contributed by atoms with Gasteiger partial charge in [0.1, 0.15) is 5.82 Å². The van der Waals surface area contributed by atoms with E-state index < -0.39 is 0 Å². The Balaban J connectivity index is 1.63. The third kappa shape index (κ3) is 2.76. The molecule has 1 atom stereocenters. The zero-order valence-electron chi connectivity index (χ0n) is 10.8. The summed E-state index contributed by atoms with van der Waals surface area (Å²) in [6.07, 6.45) is 1.06. The minimum absolute atomic E-state index is 0.166. The van der Waals surface area contributed by atoms with Gasteiger partial charge >= 0.3 is 0 Å². The van der Waals surface area contributed by atoms with Gasteiger partial charge in [0.15, 0.2) is 0 Å². The molecule has 2 aromatic carbocycles. The van der Waals surface area contributed by atoms with Crippen LogP contribution < -0.4 is 5.32 Å². The van der Waals surface area contributed by atoms with Gasteiger partial charge in [-0.15, -0.1) is 11.8 Å². The summed E-state index contributed by atoms with van der Waals surface area (Å²) in [5, 5.41) is 3.71. The van der Waals surface area contributed by atoms with E-state index in [4.69, 9.17) is 0 Å². The summed E-state index contributed by atoms with van der Waals surface area (Å²) >= 11 is 1.88. The molecular weight excluding hydrogens is 257 g/mol. The van der Waals surface area contributed by atoms with Crippen molar-refractivity contribution in [2.24, 2.45) is 0 Å². The van der Waals surface area contributed by atoms with E-state index in [0.29, 0.717) is 10.9 Å². The molecule has 0 amide bonds. The normalized spacial score (nSPS) is 17.3. The van der Waals surface area contributed by atoms with Crippen molar-refractivity contribution < 1.29 is 4.39 Å². The summed E-state index contributed by atoms with van der Waals surface area (Å²) in [6.45, 7) is 2.69. The second-order valence-corrected chi connectivity index (χ2v) is 6.26. The minimum Gasteiger partial charge on any atom is -0.382 e. The molecule has 3 rings (SSSR count). The largest absolute Gasteiger partial charge is 0.382 e. The second kappa shape index (κ2) is 5.25. The first-order valence-electron chi connectivity index (χ1n) is 6.47. The lowest BCUT2D eigenvalue weighted by molar-refractivity contribution is 0.628. The first kappa shape index (κ1) is 12.5. The molecule has 0 saturated carbocycles. The molecule has 98 valence electrons. The third-order valence-electron chi connectivity index (χ3n) is 3.36. The topological polar surface area (TPSA) is 12.0 Å². The lowest BCUT2D eigenvalue weighted by Gasteiger charge is -2.12. The first-order valence-corrected chi connectivity index (χ1v) is 7.35. The smallest absolute Gasteiger partial charge is 0.146 e. The van der Waals surface area contributed by atoms with Crippen LogP contribution in [0, 0.1) is 12.7 Å². The molecule has 1 unspecified atom stereocenters. The van der Waals surface area contributed by atoms with Gasteiger partial charge < -0.3 is 5.32 Å². The van der Waals surface area contributed by atoms with Crippen LogP contribution in [0.4, 0.5) is 10.1 Å². The van der Waals surface area contributed by atoms with Crippen molar-refractivity contribution in [1.29, 1.82) is 0 Å². The molecule has 0 radical (unpaired) electrons. The number of benzene rings is 2. The van der Waals surface area contributed by atoms with Gasteiger partial charge in [0.25, 0.3) is 0 Å². The molecule has 1 N–H and O–H groups in total. The summed E-state index contributed by atoms with van der Waals surface area (Å²) in [4.78, 5) is 1.36. The summed E-state index contributed by atoms with van der Waals surface area (Å²) in [5.74, 6) is -0.166. The van der Waals surface area contributed by atoms with E-state index in [2.05, 4.69) is 29.6 Å². The first-order chi connectivity index (χ1) is 9.22. The Morgan fingerprint density at radius 1 is 1.26 bits per heavy atom. The van der Waals surface area contributed by atoms with Gasteiger partial charge in [0, 0.05) is 16.7 Å². The highest BCUT2D eigenvalue weighted by Gasteiger charge is 2.21. The molecule has 0 aliphatic carbocycles. The molecule has 1 aliphatic rings. The zero-order valence-corrected chi connectivity index (χ0v) is 11.6. The predicted molar refractivity (Wildman–Crippen MR) is 79.4 cm³/mol.